The lowest BCUT2D eigenvalue weighted by Crippen LogP contribution is -2.36. The minimum atomic E-state index is 0.251. The zero-order valence-corrected chi connectivity index (χ0v) is 9.41. The second-order valence-electron chi connectivity index (χ2n) is 3.31. The first-order valence-electron chi connectivity index (χ1n) is 4.55. The predicted molar refractivity (Wildman–Crippen MR) is 59.1 cm³/mol. The van der Waals surface area contributed by atoms with Crippen LogP contribution in [0.3, 0.4) is 0 Å². The molecule has 0 aromatic carbocycles. The van der Waals surface area contributed by atoms with E-state index in [4.69, 9.17) is 0 Å². The Bertz CT molecular complexity index is 226. The summed E-state index contributed by atoms with van der Waals surface area (Å²) in [7, 11) is 4.04. The summed E-state index contributed by atoms with van der Waals surface area (Å²) in [5.41, 5.74) is 1.30. The molecule has 0 fully saturated rings. The van der Waals surface area contributed by atoms with Crippen LogP contribution in [0.2, 0.25) is 0 Å². The topological polar surface area (TPSA) is 6.25 Å². The average molecular weight is 181 g/mol. The highest BCUT2D eigenvalue weighted by atomic mass is 15.3. The van der Waals surface area contributed by atoms with Crippen LogP contribution < -0.4 is 0 Å². The Labute approximate surface area is 81.9 Å². The highest BCUT2D eigenvalue weighted by Crippen LogP contribution is 2.08. The van der Waals surface area contributed by atoms with E-state index in [0.717, 1.165) is 0 Å². The van der Waals surface area contributed by atoms with Crippen LogP contribution in [0.5, 0.6) is 0 Å². The van der Waals surface area contributed by atoms with E-state index in [-0.39, 0.29) is 6.17 Å². The number of allylic oxidation sites excluding steroid dienone is 2. The quantitative estimate of drug-likeness (QED) is 0.278. The Morgan fingerprint density at radius 3 is 2.31 bits per heavy atom. The molecule has 0 N–H and O–H groups in total. The highest BCUT2D eigenvalue weighted by molar-refractivity contribution is 5.16. The third kappa shape index (κ3) is 3.45. The fourth-order valence-electron chi connectivity index (χ4n) is 1.45. The number of hydrogen-bond acceptors (Lipinski definition) is 1. The average Bonchev–Trinajstić information content (AvgIpc) is 2.04. The first-order chi connectivity index (χ1) is 6.04. The maximum Gasteiger partial charge on any atom is 0.249 e. The maximum absolute atomic E-state index is 3.93. The number of rotatable bonds is 4. The predicted octanol–water partition coefficient (Wildman–Crippen LogP) is 2.09. The molecule has 0 aliphatic rings. The second kappa shape index (κ2) is 5.57. The van der Waals surface area contributed by atoms with Crippen LogP contribution in [0, 0.1) is 0 Å². The van der Waals surface area contributed by atoms with E-state index in [0.29, 0.717) is 0 Å². The monoisotopic (exact) mass is 181 g/mol. The molecule has 0 saturated heterocycles. The number of hydrogen-bond donors (Lipinski definition) is 0. The van der Waals surface area contributed by atoms with Gasteiger partial charge < -0.3 is 4.90 Å². The molecule has 0 spiro atoms. The lowest BCUT2D eigenvalue weighted by molar-refractivity contribution is -0.541. The van der Waals surface area contributed by atoms with Crippen molar-refractivity contribution < 1.29 is 4.58 Å². The second-order valence-corrected chi connectivity index (χ2v) is 3.31. The Morgan fingerprint density at radius 2 is 2.00 bits per heavy atom. The van der Waals surface area contributed by atoms with Gasteiger partial charge in [-0.05, 0) is 20.8 Å². The fraction of sp³-hybridized carbons (Fsp3) is 0.545. The van der Waals surface area contributed by atoms with E-state index in [2.05, 4.69) is 44.8 Å². The minimum absolute atomic E-state index is 0.251. The summed E-state index contributed by atoms with van der Waals surface area (Å²) in [6, 6.07) is 0. The van der Waals surface area contributed by atoms with Gasteiger partial charge in [0.25, 0.3) is 0 Å². The first-order valence-corrected chi connectivity index (χ1v) is 4.55. The normalized spacial score (nSPS) is 14.7. The largest absolute Gasteiger partial charge is 0.321 e. The molecule has 0 heterocycles. The third-order valence-corrected chi connectivity index (χ3v) is 2.05. The summed E-state index contributed by atoms with van der Waals surface area (Å²) in [6.45, 7) is 10.1. The van der Waals surface area contributed by atoms with Gasteiger partial charge in [-0.15, -0.1) is 0 Å². The van der Waals surface area contributed by atoms with Crippen molar-refractivity contribution in [2.24, 2.45) is 0 Å². The lowest BCUT2D eigenvalue weighted by Gasteiger charge is -2.22. The minimum Gasteiger partial charge on any atom is -0.321 e. The van der Waals surface area contributed by atoms with Crippen molar-refractivity contribution in [3.63, 3.8) is 0 Å². The molecule has 0 aromatic rings. The van der Waals surface area contributed by atoms with Gasteiger partial charge in [-0.1, -0.05) is 12.2 Å². The van der Waals surface area contributed by atoms with Gasteiger partial charge in [0, 0.05) is 18.8 Å². The Morgan fingerprint density at radius 1 is 1.46 bits per heavy atom. The molecule has 1 unspecified atom stereocenters. The molecule has 74 valence electrons. The SMILES string of the molecule is C=[N+](C)C(/C(C)=C\C)N(C)/C=C\C. The van der Waals surface area contributed by atoms with E-state index in [9.17, 15) is 0 Å². The fourth-order valence-corrected chi connectivity index (χ4v) is 1.45. The molecule has 0 aliphatic heterocycles. The Balaban J connectivity index is 4.71. The molecule has 1 atom stereocenters. The van der Waals surface area contributed by atoms with Crippen molar-refractivity contribution in [3.05, 3.63) is 23.9 Å². The van der Waals surface area contributed by atoms with Gasteiger partial charge in [0.1, 0.15) is 13.8 Å². The summed E-state index contributed by atoms with van der Waals surface area (Å²) >= 11 is 0. The summed E-state index contributed by atoms with van der Waals surface area (Å²) in [5, 5.41) is 0. The summed E-state index contributed by atoms with van der Waals surface area (Å²) in [6.07, 6.45) is 6.45. The van der Waals surface area contributed by atoms with E-state index < -0.39 is 0 Å². The van der Waals surface area contributed by atoms with Gasteiger partial charge in [-0.2, -0.15) is 0 Å². The van der Waals surface area contributed by atoms with Crippen LogP contribution in [0.25, 0.3) is 0 Å². The smallest absolute Gasteiger partial charge is 0.249 e. The summed E-state index contributed by atoms with van der Waals surface area (Å²) in [5.74, 6) is 0. The van der Waals surface area contributed by atoms with Crippen LogP contribution in [0.1, 0.15) is 20.8 Å². The highest BCUT2D eigenvalue weighted by Gasteiger charge is 2.19. The van der Waals surface area contributed by atoms with Crippen molar-refractivity contribution in [3.8, 4) is 0 Å². The summed E-state index contributed by atoms with van der Waals surface area (Å²) < 4.78 is 1.95. The van der Waals surface area contributed by atoms with Crippen LogP contribution in [-0.4, -0.2) is 36.5 Å². The van der Waals surface area contributed by atoms with Crippen LogP contribution in [-0.2, 0) is 0 Å². The first kappa shape index (κ1) is 11.9. The molecule has 2 heteroatoms. The van der Waals surface area contributed by atoms with Gasteiger partial charge >= 0.3 is 0 Å². The molecular formula is C11H21N2+. The molecule has 13 heavy (non-hydrogen) atoms. The van der Waals surface area contributed by atoms with Gasteiger partial charge in [0.15, 0.2) is 0 Å². The van der Waals surface area contributed by atoms with E-state index in [1.165, 1.54) is 5.57 Å². The van der Waals surface area contributed by atoms with E-state index >= 15 is 0 Å². The third-order valence-electron chi connectivity index (χ3n) is 2.05. The number of nitrogens with zero attached hydrogens (tertiary/aromatic N) is 2. The maximum atomic E-state index is 3.93. The van der Waals surface area contributed by atoms with Gasteiger partial charge in [-0.25, -0.2) is 4.58 Å². The van der Waals surface area contributed by atoms with E-state index in [1.807, 2.05) is 24.6 Å². The van der Waals surface area contributed by atoms with Crippen molar-refractivity contribution >= 4 is 6.72 Å². The standard InChI is InChI=1S/C11H21N2/c1-7-9-13(6)11(12(4)5)10(3)8-2/h7-9,11H,4H2,1-3,5-6H3/q+1/b9-7-,10-8-. The van der Waals surface area contributed by atoms with Crippen LogP contribution >= 0.6 is 0 Å². The van der Waals surface area contributed by atoms with Gasteiger partial charge in [-0.3, -0.25) is 0 Å². The molecule has 2 nitrogen and oxygen atoms in total. The van der Waals surface area contributed by atoms with Crippen LogP contribution in [0.15, 0.2) is 23.9 Å². The van der Waals surface area contributed by atoms with Gasteiger partial charge in [0.2, 0.25) is 6.17 Å². The van der Waals surface area contributed by atoms with Crippen LogP contribution in [0.4, 0.5) is 0 Å². The van der Waals surface area contributed by atoms with Crippen molar-refractivity contribution in [2.45, 2.75) is 26.9 Å². The molecule has 0 radical (unpaired) electrons. The molecule has 0 aliphatic carbocycles. The van der Waals surface area contributed by atoms with Crippen molar-refractivity contribution in [1.82, 2.24) is 4.90 Å². The van der Waals surface area contributed by atoms with Crippen molar-refractivity contribution in [1.29, 1.82) is 0 Å². The Kier molecular flexibility index (Phi) is 5.12. The zero-order valence-electron chi connectivity index (χ0n) is 9.41. The van der Waals surface area contributed by atoms with Crippen molar-refractivity contribution in [2.75, 3.05) is 14.1 Å². The summed E-state index contributed by atoms with van der Waals surface area (Å²) in [4.78, 5) is 2.14. The molecular weight excluding hydrogens is 160 g/mol. The lowest BCUT2D eigenvalue weighted by atomic mass is 10.2. The number of likely N-dealkylation sites (N-methyl/N-ethyl adjacent to an activating group) is 2. The van der Waals surface area contributed by atoms with Gasteiger partial charge in [0.05, 0.1) is 0 Å². The molecule has 0 amide bonds. The molecule has 0 saturated carbocycles. The Hall–Kier alpha value is -1.05. The molecule has 0 aromatic heterocycles. The molecule has 0 bridgehead atoms. The molecule has 0 rings (SSSR count). The zero-order chi connectivity index (χ0) is 10.4. The van der Waals surface area contributed by atoms with E-state index in [1.54, 1.807) is 0 Å².